The van der Waals surface area contributed by atoms with Gasteiger partial charge in [-0.15, -0.1) is 12.3 Å². The Balaban J connectivity index is 1.03. The summed E-state index contributed by atoms with van der Waals surface area (Å²) in [6, 6.07) is 42.6. The molecule has 0 amide bonds. The number of terminal acetylenes is 1. The van der Waals surface area contributed by atoms with Gasteiger partial charge in [0.1, 0.15) is 11.7 Å². The fourth-order valence-corrected chi connectivity index (χ4v) is 9.99. The fourth-order valence-electron chi connectivity index (χ4n) is 9.99. The van der Waals surface area contributed by atoms with Crippen LogP contribution in [-0.4, -0.2) is 17.8 Å². The molecule has 1 aliphatic heterocycles. The molecule has 294 valence electrons. The lowest BCUT2D eigenvalue weighted by atomic mass is 9.82. The molecule has 1 N–H and O–H groups in total. The van der Waals surface area contributed by atoms with Gasteiger partial charge in [0.15, 0.2) is 6.17 Å². The number of aliphatic imine (C=N–C) groups is 2. The molecule has 60 heavy (non-hydrogen) atoms. The van der Waals surface area contributed by atoms with Crippen LogP contribution in [0, 0.1) is 18.3 Å². The molecule has 0 spiro atoms. The highest BCUT2D eigenvalue weighted by Gasteiger charge is 2.28. The van der Waals surface area contributed by atoms with Crippen molar-refractivity contribution in [1.29, 1.82) is 0 Å². The van der Waals surface area contributed by atoms with Crippen molar-refractivity contribution in [2.45, 2.75) is 76.8 Å². The average molecular weight is 778 g/mol. The number of allylic oxidation sites excluding steroid dienone is 4. The molecule has 1 heterocycles. The molecule has 0 radical (unpaired) electrons. The molecule has 0 saturated heterocycles. The highest BCUT2D eigenvalue weighted by atomic mass is 15.2. The molecular formula is C57H51N3. The molecular weight excluding hydrogens is 727 g/mol. The molecule has 3 nitrogen and oxygen atoms in total. The van der Waals surface area contributed by atoms with Gasteiger partial charge in [-0.25, -0.2) is 9.98 Å². The second-order valence-electron chi connectivity index (χ2n) is 16.7. The van der Waals surface area contributed by atoms with Crippen molar-refractivity contribution in [3.63, 3.8) is 0 Å². The van der Waals surface area contributed by atoms with Gasteiger partial charge < -0.3 is 5.32 Å². The van der Waals surface area contributed by atoms with Crippen molar-refractivity contribution in [3.8, 4) is 34.6 Å². The maximum atomic E-state index is 5.96. The Morgan fingerprint density at radius 2 is 1.45 bits per heavy atom. The van der Waals surface area contributed by atoms with Crippen molar-refractivity contribution >= 4 is 44.9 Å². The van der Waals surface area contributed by atoms with Crippen molar-refractivity contribution in [2.75, 3.05) is 0 Å². The highest BCUT2D eigenvalue weighted by molar-refractivity contribution is 6.28. The highest BCUT2D eigenvalue weighted by Crippen LogP contribution is 2.42. The maximum Gasteiger partial charge on any atom is 0.165 e. The summed E-state index contributed by atoms with van der Waals surface area (Å²) in [5, 5.41) is 8.89. The van der Waals surface area contributed by atoms with Crippen molar-refractivity contribution in [1.82, 2.24) is 5.32 Å². The molecule has 2 unspecified atom stereocenters. The van der Waals surface area contributed by atoms with Crippen LogP contribution in [-0.2, 0) is 12.8 Å². The van der Waals surface area contributed by atoms with E-state index in [0.29, 0.717) is 6.42 Å². The van der Waals surface area contributed by atoms with Crippen LogP contribution in [0.2, 0.25) is 0 Å². The Morgan fingerprint density at radius 3 is 2.27 bits per heavy atom. The number of fused-ring (bicyclic) bond motifs is 3. The minimum Gasteiger partial charge on any atom is -0.328 e. The second kappa shape index (κ2) is 17.0. The Hall–Kier alpha value is -6.50. The standard InChI is InChI=1S/C57H51N3/c1-2-3-26-54(57-59-55(40-20-6-4-7-21-40)58-56(60-57)41-22-8-5-9-23-41)46-29-13-11-24-42(46)38-43-34-35-51(47-30-15-14-28-45(43)47)53-37-36-52(49-31-16-17-32-50(49)53)48-33-18-25-39-19-10-12-27-44(39)48/h1,6,10-14,16-20,22,24-29,31-37,40,56H,3-5,7-9,15,21,23,30,38H2,(H,58,59,60)/b54-26+. The summed E-state index contributed by atoms with van der Waals surface area (Å²) in [7, 11) is 0. The number of nitrogens with one attached hydrogen (secondary N) is 1. The van der Waals surface area contributed by atoms with Crippen LogP contribution in [0.15, 0.2) is 161 Å². The molecule has 4 aliphatic rings. The summed E-state index contributed by atoms with van der Waals surface area (Å²) in [6.07, 6.45) is 31.1. The molecule has 10 rings (SSSR count). The third-order valence-corrected chi connectivity index (χ3v) is 13.0. The maximum absolute atomic E-state index is 5.96. The van der Waals surface area contributed by atoms with E-state index in [1.807, 2.05) is 0 Å². The monoisotopic (exact) mass is 777 g/mol. The van der Waals surface area contributed by atoms with E-state index in [0.717, 1.165) is 62.2 Å². The van der Waals surface area contributed by atoms with Gasteiger partial charge >= 0.3 is 0 Å². The predicted octanol–water partition coefficient (Wildman–Crippen LogP) is 13.9. The van der Waals surface area contributed by atoms with Crippen LogP contribution >= 0.6 is 0 Å². The summed E-state index contributed by atoms with van der Waals surface area (Å²) in [5.41, 5.74) is 14.1. The largest absolute Gasteiger partial charge is 0.328 e. The first-order chi connectivity index (χ1) is 29.7. The van der Waals surface area contributed by atoms with E-state index in [4.69, 9.17) is 16.4 Å². The average Bonchev–Trinajstić information content (AvgIpc) is 3.32. The molecule has 0 aromatic heterocycles. The fraction of sp³-hybridized carbons (Fsp3) is 0.228. The van der Waals surface area contributed by atoms with Gasteiger partial charge in [0.2, 0.25) is 0 Å². The Labute approximate surface area is 355 Å². The van der Waals surface area contributed by atoms with E-state index in [-0.39, 0.29) is 12.1 Å². The van der Waals surface area contributed by atoms with E-state index < -0.39 is 0 Å². The number of rotatable bonds is 9. The zero-order valence-electron chi connectivity index (χ0n) is 34.3. The third-order valence-electron chi connectivity index (χ3n) is 13.0. The van der Waals surface area contributed by atoms with Crippen LogP contribution in [0.4, 0.5) is 0 Å². The first-order valence-electron chi connectivity index (χ1n) is 22.1. The Bertz CT molecular complexity index is 2850. The lowest BCUT2D eigenvalue weighted by molar-refractivity contribution is 0.616. The van der Waals surface area contributed by atoms with Gasteiger partial charge in [-0.1, -0.05) is 152 Å². The van der Waals surface area contributed by atoms with Gasteiger partial charge in [0, 0.05) is 17.9 Å². The Kier molecular flexibility index (Phi) is 10.7. The number of hydrogen-bond donors (Lipinski definition) is 1. The summed E-state index contributed by atoms with van der Waals surface area (Å²) >= 11 is 0. The van der Waals surface area contributed by atoms with Gasteiger partial charge in [0.25, 0.3) is 0 Å². The molecule has 0 fully saturated rings. The van der Waals surface area contributed by atoms with Crippen LogP contribution in [0.5, 0.6) is 0 Å². The lowest BCUT2D eigenvalue weighted by Gasteiger charge is -2.30. The number of hydrogen-bond acceptors (Lipinski definition) is 3. The van der Waals surface area contributed by atoms with Gasteiger partial charge in [-0.2, -0.15) is 0 Å². The number of amidine groups is 2. The topological polar surface area (TPSA) is 36.8 Å². The van der Waals surface area contributed by atoms with E-state index >= 15 is 0 Å². The SMILES string of the molecule is C#CC/C=C(/C1=NC(C2=CCCCC2)N=C(C2C=CCCC2)N1)c1ccccc1Cc1ccc(-c2ccc(-c3cccc4ccccc34)c3ccccc23)c2c1C=CCC2. The summed E-state index contributed by atoms with van der Waals surface area (Å²) < 4.78 is 0. The number of benzene rings is 6. The molecule has 0 bridgehead atoms. The van der Waals surface area contributed by atoms with Crippen LogP contribution in [0.1, 0.15) is 85.6 Å². The molecule has 3 aliphatic carbocycles. The zero-order chi connectivity index (χ0) is 40.3. The summed E-state index contributed by atoms with van der Waals surface area (Å²) in [4.78, 5) is 10.7. The van der Waals surface area contributed by atoms with Crippen LogP contribution in [0.25, 0.3) is 55.4 Å². The van der Waals surface area contributed by atoms with Crippen molar-refractivity contribution < 1.29 is 0 Å². The lowest BCUT2D eigenvalue weighted by Crippen LogP contribution is -2.41. The second-order valence-corrected chi connectivity index (χ2v) is 16.7. The molecule has 2 atom stereocenters. The van der Waals surface area contributed by atoms with E-state index in [1.165, 1.54) is 96.5 Å². The van der Waals surface area contributed by atoms with E-state index in [2.05, 4.69) is 163 Å². The normalized spacial score (nSPS) is 18.9. The van der Waals surface area contributed by atoms with Crippen LogP contribution < -0.4 is 5.32 Å². The number of nitrogens with zero attached hydrogens (tertiary/aromatic N) is 2. The van der Waals surface area contributed by atoms with Gasteiger partial charge in [0.05, 0.1) is 0 Å². The van der Waals surface area contributed by atoms with Crippen molar-refractivity contribution in [2.24, 2.45) is 15.9 Å². The zero-order valence-corrected chi connectivity index (χ0v) is 34.3. The smallest absolute Gasteiger partial charge is 0.165 e. The minimum atomic E-state index is -0.199. The van der Waals surface area contributed by atoms with E-state index in [9.17, 15) is 0 Å². The first kappa shape index (κ1) is 37.7. The Morgan fingerprint density at radius 1 is 0.683 bits per heavy atom. The van der Waals surface area contributed by atoms with Gasteiger partial charge in [-0.3, -0.25) is 0 Å². The third kappa shape index (κ3) is 7.37. The summed E-state index contributed by atoms with van der Waals surface area (Å²) in [5.74, 6) is 5.08. The predicted molar refractivity (Wildman–Crippen MR) is 255 cm³/mol. The van der Waals surface area contributed by atoms with Gasteiger partial charge in [-0.05, 0) is 141 Å². The minimum absolute atomic E-state index is 0.199. The van der Waals surface area contributed by atoms with E-state index in [1.54, 1.807) is 0 Å². The molecule has 3 heteroatoms. The van der Waals surface area contributed by atoms with Crippen LogP contribution in [0.3, 0.4) is 0 Å². The van der Waals surface area contributed by atoms with Crippen molar-refractivity contribution in [3.05, 3.63) is 179 Å². The molecule has 6 aromatic carbocycles. The quantitative estimate of drug-likeness (QED) is 0.115. The summed E-state index contributed by atoms with van der Waals surface area (Å²) in [6.45, 7) is 0. The molecule has 6 aromatic rings. The first-order valence-corrected chi connectivity index (χ1v) is 22.1. The molecule has 0 saturated carbocycles.